The SMILES string of the molecule is c1ccc(-c2c(-c3ccccc3)c3cc(N(c4ccc5ccccc5c4)c4ccc5c6ccccc6n(-c6cccc7ccccc67)c5c4)ccc3c3ccccc23)cc1. The van der Waals surface area contributed by atoms with E-state index in [0.29, 0.717) is 0 Å². The first-order chi connectivity index (χ1) is 29.8. The van der Waals surface area contributed by atoms with Crippen LogP contribution in [0.5, 0.6) is 0 Å². The van der Waals surface area contributed by atoms with Crippen LogP contribution in [0.25, 0.3) is 92.8 Å². The van der Waals surface area contributed by atoms with Gasteiger partial charge in [-0.3, -0.25) is 0 Å². The van der Waals surface area contributed by atoms with E-state index in [1.807, 2.05) is 0 Å². The minimum Gasteiger partial charge on any atom is -0.310 e. The third-order valence-electron chi connectivity index (χ3n) is 12.3. The summed E-state index contributed by atoms with van der Waals surface area (Å²) in [6.45, 7) is 0. The normalized spacial score (nSPS) is 11.7. The lowest BCUT2D eigenvalue weighted by atomic mass is 9.85. The Morgan fingerprint density at radius 3 is 1.53 bits per heavy atom. The van der Waals surface area contributed by atoms with Gasteiger partial charge in [-0.05, 0) is 108 Å². The molecule has 0 N–H and O–H groups in total. The van der Waals surface area contributed by atoms with Crippen molar-refractivity contribution in [2.45, 2.75) is 0 Å². The molecule has 0 aliphatic heterocycles. The van der Waals surface area contributed by atoms with E-state index in [1.54, 1.807) is 0 Å². The molecule has 0 aliphatic carbocycles. The number of nitrogens with zero attached hydrogens (tertiary/aromatic N) is 2. The van der Waals surface area contributed by atoms with Crippen molar-refractivity contribution < 1.29 is 0 Å². The van der Waals surface area contributed by atoms with Gasteiger partial charge in [0.1, 0.15) is 0 Å². The largest absolute Gasteiger partial charge is 0.310 e. The maximum Gasteiger partial charge on any atom is 0.0562 e. The highest BCUT2D eigenvalue weighted by atomic mass is 15.1. The number of hydrogen-bond donors (Lipinski definition) is 0. The minimum atomic E-state index is 1.09. The lowest BCUT2D eigenvalue weighted by Crippen LogP contribution is -2.10. The Labute approximate surface area is 348 Å². The lowest BCUT2D eigenvalue weighted by molar-refractivity contribution is 1.19. The second-order valence-electron chi connectivity index (χ2n) is 15.7. The van der Waals surface area contributed by atoms with Gasteiger partial charge >= 0.3 is 0 Å². The average molecular weight is 763 g/mol. The first-order valence-corrected chi connectivity index (χ1v) is 20.7. The molecule has 0 bridgehead atoms. The van der Waals surface area contributed by atoms with Gasteiger partial charge in [0.2, 0.25) is 0 Å². The number of rotatable bonds is 6. The van der Waals surface area contributed by atoms with Crippen molar-refractivity contribution in [1.29, 1.82) is 0 Å². The summed E-state index contributed by atoms with van der Waals surface area (Å²) in [6, 6.07) is 84.4. The molecule has 12 aromatic rings. The molecule has 0 atom stereocenters. The zero-order valence-electron chi connectivity index (χ0n) is 32.8. The molecule has 2 heteroatoms. The maximum atomic E-state index is 2.46. The van der Waals surface area contributed by atoms with E-state index in [1.165, 1.54) is 92.8 Å². The molecule has 0 amide bonds. The highest BCUT2D eigenvalue weighted by molar-refractivity contribution is 6.22. The van der Waals surface area contributed by atoms with Crippen molar-refractivity contribution in [3.05, 3.63) is 231 Å². The van der Waals surface area contributed by atoms with Crippen LogP contribution in [0.3, 0.4) is 0 Å². The molecule has 0 unspecified atom stereocenters. The van der Waals surface area contributed by atoms with Crippen molar-refractivity contribution >= 4 is 82.0 Å². The molecule has 0 radical (unpaired) electrons. The van der Waals surface area contributed by atoms with Gasteiger partial charge in [0.25, 0.3) is 0 Å². The summed E-state index contributed by atoms with van der Waals surface area (Å²) in [6.07, 6.45) is 0. The molecule has 11 aromatic carbocycles. The molecule has 60 heavy (non-hydrogen) atoms. The Morgan fingerprint density at radius 1 is 0.267 bits per heavy atom. The quantitative estimate of drug-likeness (QED) is 0.153. The summed E-state index contributed by atoms with van der Waals surface area (Å²) in [5.41, 5.74) is 11.7. The summed E-state index contributed by atoms with van der Waals surface area (Å²) < 4.78 is 2.46. The van der Waals surface area contributed by atoms with Crippen LogP contribution in [0, 0.1) is 0 Å². The number of hydrogen-bond acceptors (Lipinski definition) is 1. The van der Waals surface area contributed by atoms with Crippen molar-refractivity contribution in [3.8, 4) is 27.9 Å². The molecule has 2 nitrogen and oxygen atoms in total. The molecule has 0 fully saturated rings. The van der Waals surface area contributed by atoms with Gasteiger partial charge in [-0.15, -0.1) is 0 Å². The maximum absolute atomic E-state index is 2.46. The zero-order valence-corrected chi connectivity index (χ0v) is 32.8. The van der Waals surface area contributed by atoms with E-state index in [9.17, 15) is 0 Å². The highest BCUT2D eigenvalue weighted by Gasteiger charge is 2.22. The topological polar surface area (TPSA) is 8.17 Å². The molecule has 0 aliphatic rings. The van der Waals surface area contributed by atoms with Crippen LogP contribution in [0.2, 0.25) is 0 Å². The molecule has 12 rings (SSSR count). The van der Waals surface area contributed by atoms with Crippen molar-refractivity contribution in [1.82, 2.24) is 4.57 Å². The number of fused-ring (bicyclic) bond motifs is 8. The predicted molar refractivity (Wildman–Crippen MR) is 256 cm³/mol. The fraction of sp³-hybridized carbons (Fsp3) is 0. The summed E-state index contributed by atoms with van der Waals surface area (Å²) in [4.78, 5) is 2.45. The van der Waals surface area contributed by atoms with Gasteiger partial charge < -0.3 is 9.47 Å². The van der Waals surface area contributed by atoms with Crippen LogP contribution in [0.1, 0.15) is 0 Å². The van der Waals surface area contributed by atoms with E-state index in [-0.39, 0.29) is 0 Å². The van der Waals surface area contributed by atoms with E-state index >= 15 is 0 Å². The van der Waals surface area contributed by atoms with Crippen LogP contribution >= 0.6 is 0 Å². The Morgan fingerprint density at radius 2 is 0.767 bits per heavy atom. The third kappa shape index (κ3) is 5.42. The second-order valence-corrected chi connectivity index (χ2v) is 15.7. The number of benzene rings is 11. The molecular formula is C58H38N2. The smallest absolute Gasteiger partial charge is 0.0562 e. The van der Waals surface area contributed by atoms with E-state index < -0.39 is 0 Å². The fourth-order valence-electron chi connectivity index (χ4n) is 9.65. The average Bonchev–Trinajstić information content (AvgIpc) is 3.65. The van der Waals surface area contributed by atoms with Crippen molar-refractivity contribution in [2.75, 3.05) is 4.90 Å². The van der Waals surface area contributed by atoms with Crippen LogP contribution in [0.4, 0.5) is 17.1 Å². The number of para-hydroxylation sites is 1. The lowest BCUT2D eigenvalue weighted by Gasteiger charge is -2.27. The van der Waals surface area contributed by atoms with Crippen molar-refractivity contribution in [3.63, 3.8) is 0 Å². The minimum absolute atomic E-state index is 1.09. The van der Waals surface area contributed by atoms with Gasteiger partial charge in [0, 0.05) is 33.2 Å². The van der Waals surface area contributed by atoms with Crippen LogP contribution in [-0.2, 0) is 0 Å². The van der Waals surface area contributed by atoms with Gasteiger partial charge in [-0.1, -0.05) is 182 Å². The predicted octanol–water partition coefficient (Wildman–Crippen LogP) is 16.2. The Balaban J connectivity index is 1.17. The molecule has 1 aromatic heterocycles. The molecule has 0 saturated carbocycles. The molecule has 280 valence electrons. The molecule has 0 spiro atoms. The number of anilines is 3. The summed E-state index contributed by atoms with van der Waals surface area (Å²) in [5.74, 6) is 0. The molecule has 0 saturated heterocycles. The summed E-state index contributed by atoms with van der Waals surface area (Å²) in [7, 11) is 0. The van der Waals surface area contributed by atoms with Crippen LogP contribution in [0.15, 0.2) is 231 Å². The summed E-state index contributed by atoms with van der Waals surface area (Å²) >= 11 is 0. The van der Waals surface area contributed by atoms with E-state index in [0.717, 1.165) is 17.1 Å². The third-order valence-corrected chi connectivity index (χ3v) is 12.3. The van der Waals surface area contributed by atoms with E-state index in [4.69, 9.17) is 0 Å². The van der Waals surface area contributed by atoms with Gasteiger partial charge in [0.05, 0.1) is 16.7 Å². The van der Waals surface area contributed by atoms with Gasteiger partial charge in [0.15, 0.2) is 0 Å². The van der Waals surface area contributed by atoms with Gasteiger partial charge in [-0.25, -0.2) is 0 Å². The Kier molecular flexibility index (Phi) is 7.89. The molecular weight excluding hydrogens is 725 g/mol. The van der Waals surface area contributed by atoms with Crippen molar-refractivity contribution in [2.24, 2.45) is 0 Å². The fourth-order valence-corrected chi connectivity index (χ4v) is 9.65. The van der Waals surface area contributed by atoms with Crippen LogP contribution < -0.4 is 4.90 Å². The highest BCUT2D eigenvalue weighted by Crippen LogP contribution is 2.48. The van der Waals surface area contributed by atoms with Crippen LogP contribution in [-0.4, -0.2) is 4.57 Å². The first-order valence-electron chi connectivity index (χ1n) is 20.7. The first kappa shape index (κ1) is 34.1. The van der Waals surface area contributed by atoms with Gasteiger partial charge in [-0.2, -0.15) is 0 Å². The molecule has 1 heterocycles. The summed E-state index contributed by atoms with van der Waals surface area (Å²) in [5, 5.41) is 12.3. The standard InChI is InChI=1S/C58H38N2/c1-3-18-41(19-4-1)57-52-27-12-11-25-48(52)49-34-32-45(37-53(49)58(57)42-20-5-2-6-21-42)59(44-31-30-39-16-7-8-22-43(39)36-44)46-33-35-51-50-26-13-14-28-55(50)60(56(51)38-46)54-29-15-23-40-17-9-10-24-47(40)54/h1-38H. The monoisotopic (exact) mass is 762 g/mol. The number of aromatic nitrogens is 1. The second kappa shape index (κ2) is 13.9. The zero-order chi connectivity index (χ0) is 39.6. The Hall–Kier alpha value is -7.94. The Bertz CT molecular complexity index is 3600. The van der Waals surface area contributed by atoms with E-state index in [2.05, 4.69) is 240 Å².